The molecular formula is C15H20N4O2. The smallest absolute Gasteiger partial charge is 0.268 e. The van der Waals surface area contributed by atoms with Crippen LogP contribution in [0.2, 0.25) is 0 Å². The third-order valence-corrected chi connectivity index (χ3v) is 3.41. The number of H-pyrrole nitrogens is 1. The number of aromatic nitrogens is 3. The second-order valence-electron chi connectivity index (χ2n) is 5.28. The zero-order valence-electron chi connectivity index (χ0n) is 12.7. The van der Waals surface area contributed by atoms with E-state index in [1.165, 1.54) is 6.92 Å². The fourth-order valence-corrected chi connectivity index (χ4v) is 2.54. The van der Waals surface area contributed by atoms with Gasteiger partial charge >= 0.3 is 0 Å². The molecule has 0 aromatic carbocycles. The summed E-state index contributed by atoms with van der Waals surface area (Å²) in [6.07, 6.45) is 3.55. The number of ketones is 1. The number of rotatable bonds is 5. The number of amides is 1. The Morgan fingerprint density at radius 1 is 1.43 bits per heavy atom. The molecule has 6 nitrogen and oxygen atoms in total. The molecule has 0 aliphatic rings. The van der Waals surface area contributed by atoms with Crippen molar-refractivity contribution in [2.45, 2.75) is 40.3 Å². The van der Waals surface area contributed by atoms with E-state index >= 15 is 0 Å². The van der Waals surface area contributed by atoms with Crippen molar-refractivity contribution in [1.82, 2.24) is 20.1 Å². The van der Waals surface area contributed by atoms with E-state index in [0.717, 1.165) is 5.69 Å². The van der Waals surface area contributed by atoms with Gasteiger partial charge in [0.25, 0.3) is 5.91 Å². The van der Waals surface area contributed by atoms with Gasteiger partial charge in [-0.15, -0.1) is 0 Å². The van der Waals surface area contributed by atoms with Crippen LogP contribution >= 0.6 is 0 Å². The van der Waals surface area contributed by atoms with Crippen LogP contribution in [0.15, 0.2) is 18.5 Å². The summed E-state index contributed by atoms with van der Waals surface area (Å²) < 4.78 is 1.76. The lowest BCUT2D eigenvalue weighted by Crippen LogP contribution is -2.36. The molecule has 2 N–H and O–H groups in total. The highest BCUT2D eigenvalue weighted by Crippen LogP contribution is 2.18. The molecule has 0 radical (unpaired) electrons. The van der Waals surface area contributed by atoms with Crippen LogP contribution in [0.1, 0.15) is 46.0 Å². The van der Waals surface area contributed by atoms with Gasteiger partial charge in [0.15, 0.2) is 5.78 Å². The first-order chi connectivity index (χ1) is 9.90. The molecule has 1 amide bonds. The Morgan fingerprint density at radius 3 is 2.67 bits per heavy atom. The van der Waals surface area contributed by atoms with Gasteiger partial charge in [0, 0.05) is 29.7 Å². The van der Waals surface area contributed by atoms with Crippen LogP contribution in [-0.4, -0.2) is 32.5 Å². The SMILES string of the molecule is CC(=O)c1c(C)[nH]c(C(=O)N[C@H](C)Cn2cccn2)c1C. The summed E-state index contributed by atoms with van der Waals surface area (Å²) in [4.78, 5) is 26.9. The first-order valence-corrected chi connectivity index (χ1v) is 6.88. The third-order valence-electron chi connectivity index (χ3n) is 3.41. The average molecular weight is 288 g/mol. The lowest BCUT2D eigenvalue weighted by molar-refractivity contribution is 0.0930. The lowest BCUT2D eigenvalue weighted by atomic mass is 10.1. The summed E-state index contributed by atoms with van der Waals surface area (Å²) in [7, 11) is 0. The first-order valence-electron chi connectivity index (χ1n) is 6.88. The summed E-state index contributed by atoms with van der Waals surface area (Å²) >= 11 is 0. The number of aromatic amines is 1. The van der Waals surface area contributed by atoms with Crippen molar-refractivity contribution in [3.05, 3.63) is 41.0 Å². The second kappa shape index (κ2) is 5.95. The van der Waals surface area contributed by atoms with Crippen molar-refractivity contribution in [3.8, 4) is 0 Å². The zero-order valence-corrected chi connectivity index (χ0v) is 12.7. The summed E-state index contributed by atoms with van der Waals surface area (Å²) in [5.74, 6) is -0.243. The summed E-state index contributed by atoms with van der Waals surface area (Å²) in [6, 6.07) is 1.77. The van der Waals surface area contributed by atoms with Crippen molar-refractivity contribution >= 4 is 11.7 Å². The maximum absolute atomic E-state index is 12.3. The van der Waals surface area contributed by atoms with Crippen LogP contribution in [0, 0.1) is 13.8 Å². The second-order valence-corrected chi connectivity index (χ2v) is 5.28. The van der Waals surface area contributed by atoms with E-state index < -0.39 is 0 Å². The average Bonchev–Trinajstić information content (AvgIpc) is 2.97. The molecule has 0 aliphatic heterocycles. The lowest BCUT2D eigenvalue weighted by Gasteiger charge is -2.13. The van der Waals surface area contributed by atoms with E-state index in [1.807, 2.05) is 19.2 Å². The molecule has 0 saturated heterocycles. The molecule has 2 aromatic rings. The highest BCUT2D eigenvalue weighted by atomic mass is 16.2. The van der Waals surface area contributed by atoms with Crippen LogP contribution in [0.4, 0.5) is 0 Å². The number of nitrogens with zero attached hydrogens (tertiary/aromatic N) is 2. The van der Waals surface area contributed by atoms with Crippen molar-refractivity contribution in [2.75, 3.05) is 0 Å². The van der Waals surface area contributed by atoms with Gasteiger partial charge in [-0.25, -0.2) is 0 Å². The number of hydrogen-bond acceptors (Lipinski definition) is 3. The molecular weight excluding hydrogens is 268 g/mol. The molecule has 0 unspecified atom stereocenters. The Labute approximate surface area is 123 Å². The van der Waals surface area contributed by atoms with Crippen molar-refractivity contribution in [3.63, 3.8) is 0 Å². The van der Waals surface area contributed by atoms with Gasteiger partial charge in [-0.2, -0.15) is 5.10 Å². The van der Waals surface area contributed by atoms with Crippen LogP contribution in [0.3, 0.4) is 0 Å². The van der Waals surface area contributed by atoms with Gasteiger partial charge in [0.2, 0.25) is 0 Å². The Morgan fingerprint density at radius 2 is 2.14 bits per heavy atom. The molecule has 1 atom stereocenters. The van der Waals surface area contributed by atoms with Crippen molar-refractivity contribution < 1.29 is 9.59 Å². The van der Waals surface area contributed by atoms with Crippen LogP contribution in [0.25, 0.3) is 0 Å². The Balaban J connectivity index is 2.10. The number of nitrogens with one attached hydrogen (secondary N) is 2. The Hall–Kier alpha value is -2.37. The molecule has 6 heteroatoms. The van der Waals surface area contributed by atoms with Crippen LogP contribution < -0.4 is 5.32 Å². The van der Waals surface area contributed by atoms with Gasteiger partial charge in [-0.05, 0) is 39.3 Å². The molecule has 2 rings (SSSR count). The van der Waals surface area contributed by atoms with E-state index in [2.05, 4.69) is 15.4 Å². The summed E-state index contributed by atoms with van der Waals surface area (Å²) in [6.45, 7) is 7.60. The predicted octanol–water partition coefficient (Wildman–Crippen LogP) is 1.85. The minimum absolute atomic E-state index is 0.0371. The zero-order chi connectivity index (χ0) is 15.6. The Bertz CT molecular complexity index is 656. The highest BCUT2D eigenvalue weighted by Gasteiger charge is 2.20. The fourth-order valence-electron chi connectivity index (χ4n) is 2.54. The topological polar surface area (TPSA) is 79.8 Å². The molecule has 0 aliphatic carbocycles. The van der Waals surface area contributed by atoms with E-state index in [9.17, 15) is 9.59 Å². The molecule has 0 saturated carbocycles. The Kier molecular flexibility index (Phi) is 4.26. The minimum Gasteiger partial charge on any atom is -0.354 e. The van der Waals surface area contributed by atoms with Gasteiger partial charge in [-0.1, -0.05) is 0 Å². The maximum atomic E-state index is 12.3. The van der Waals surface area contributed by atoms with Gasteiger partial charge < -0.3 is 10.3 Å². The molecule has 0 fully saturated rings. The van der Waals surface area contributed by atoms with E-state index in [1.54, 1.807) is 24.7 Å². The number of carbonyl (C=O) groups excluding carboxylic acids is 2. The molecule has 2 heterocycles. The van der Waals surface area contributed by atoms with E-state index in [-0.39, 0.29) is 17.7 Å². The van der Waals surface area contributed by atoms with Crippen molar-refractivity contribution in [1.29, 1.82) is 0 Å². The van der Waals surface area contributed by atoms with E-state index in [0.29, 0.717) is 23.4 Å². The predicted molar refractivity (Wildman–Crippen MR) is 79.4 cm³/mol. The highest BCUT2D eigenvalue weighted by molar-refractivity contribution is 6.02. The van der Waals surface area contributed by atoms with Crippen LogP contribution in [0.5, 0.6) is 0 Å². The summed E-state index contributed by atoms with van der Waals surface area (Å²) in [5, 5.41) is 7.02. The number of hydrogen-bond donors (Lipinski definition) is 2. The molecule has 0 spiro atoms. The standard InChI is InChI=1S/C15H20N4O2/c1-9(8-19-7-5-6-16-19)17-15(21)14-10(2)13(12(4)20)11(3)18-14/h5-7,9,18H,8H2,1-4H3,(H,17,21)/t9-/m1/s1. The number of Topliss-reactive ketones (excluding diaryl/α,β-unsaturated/α-hetero) is 1. The van der Waals surface area contributed by atoms with E-state index in [4.69, 9.17) is 0 Å². The molecule has 21 heavy (non-hydrogen) atoms. The molecule has 2 aromatic heterocycles. The van der Waals surface area contributed by atoms with Gasteiger partial charge in [0.1, 0.15) is 5.69 Å². The van der Waals surface area contributed by atoms with Gasteiger partial charge in [-0.3, -0.25) is 14.3 Å². The normalized spacial score (nSPS) is 12.2. The maximum Gasteiger partial charge on any atom is 0.268 e. The quantitative estimate of drug-likeness (QED) is 0.824. The van der Waals surface area contributed by atoms with Crippen LogP contribution in [-0.2, 0) is 6.54 Å². The number of aryl methyl sites for hydroxylation is 1. The minimum atomic E-state index is -0.206. The first kappa shape index (κ1) is 15.0. The monoisotopic (exact) mass is 288 g/mol. The summed E-state index contributed by atoms with van der Waals surface area (Å²) in [5.41, 5.74) is 2.47. The number of carbonyl (C=O) groups is 2. The molecule has 112 valence electrons. The largest absolute Gasteiger partial charge is 0.354 e. The molecule has 0 bridgehead atoms. The fraction of sp³-hybridized carbons (Fsp3) is 0.400. The van der Waals surface area contributed by atoms with Crippen molar-refractivity contribution in [2.24, 2.45) is 0 Å². The van der Waals surface area contributed by atoms with Gasteiger partial charge in [0.05, 0.1) is 6.54 Å². The third kappa shape index (κ3) is 3.21.